The summed E-state index contributed by atoms with van der Waals surface area (Å²) in [5, 5.41) is 7.24. The van der Waals surface area contributed by atoms with Crippen LogP contribution in [0.15, 0.2) is 6.07 Å². The van der Waals surface area contributed by atoms with E-state index in [1.165, 1.54) is 12.8 Å². The van der Waals surface area contributed by atoms with Gasteiger partial charge in [-0.2, -0.15) is 5.10 Å². The van der Waals surface area contributed by atoms with E-state index >= 15 is 0 Å². The third kappa shape index (κ3) is 2.79. The summed E-state index contributed by atoms with van der Waals surface area (Å²) >= 11 is 0. The molecule has 0 atom stereocenters. The Morgan fingerprint density at radius 1 is 1.53 bits per heavy atom. The number of aryl methyl sites for hydroxylation is 1. The zero-order valence-corrected chi connectivity index (χ0v) is 9.37. The first-order chi connectivity index (χ1) is 7.28. The fourth-order valence-electron chi connectivity index (χ4n) is 2.16. The van der Waals surface area contributed by atoms with Gasteiger partial charge in [-0.25, -0.2) is 0 Å². The fraction of sp³-hybridized carbons (Fsp3) is 0.727. The maximum absolute atomic E-state index is 5.67. The van der Waals surface area contributed by atoms with E-state index in [0.29, 0.717) is 0 Å². The van der Waals surface area contributed by atoms with Crippen molar-refractivity contribution in [3.8, 4) is 0 Å². The molecule has 1 aromatic heterocycles. The molecule has 2 rings (SSSR count). The highest BCUT2D eigenvalue weighted by molar-refractivity contribution is 5.06. The van der Waals surface area contributed by atoms with Gasteiger partial charge in [-0.3, -0.25) is 10.00 Å². The zero-order valence-electron chi connectivity index (χ0n) is 9.37. The van der Waals surface area contributed by atoms with Crippen LogP contribution >= 0.6 is 0 Å². The molecule has 4 nitrogen and oxygen atoms in total. The highest BCUT2D eigenvalue weighted by Crippen LogP contribution is 2.17. The van der Waals surface area contributed by atoms with Gasteiger partial charge in [0.15, 0.2) is 0 Å². The molecule has 0 bridgehead atoms. The Balaban J connectivity index is 1.82. The van der Waals surface area contributed by atoms with Gasteiger partial charge >= 0.3 is 0 Å². The Hall–Kier alpha value is -0.870. The number of rotatable bonds is 3. The molecule has 0 saturated carbocycles. The standard InChI is InChI=1S/C11H20N4/c1-9-6-11(14-13-9)8-15-4-2-10(7-12)3-5-15/h6,10H,2-5,7-8,12H2,1H3,(H,13,14). The summed E-state index contributed by atoms with van der Waals surface area (Å²) in [4.78, 5) is 2.46. The molecule has 3 N–H and O–H groups in total. The number of nitrogens with zero attached hydrogens (tertiary/aromatic N) is 2. The minimum Gasteiger partial charge on any atom is -0.330 e. The molecule has 0 radical (unpaired) electrons. The molecular weight excluding hydrogens is 188 g/mol. The summed E-state index contributed by atoms with van der Waals surface area (Å²) in [6, 6.07) is 2.12. The van der Waals surface area contributed by atoms with Gasteiger partial charge < -0.3 is 5.73 Å². The number of aromatic nitrogens is 2. The van der Waals surface area contributed by atoms with Crippen molar-refractivity contribution in [2.75, 3.05) is 19.6 Å². The molecular formula is C11H20N4. The number of likely N-dealkylation sites (tertiary alicyclic amines) is 1. The third-order valence-corrected chi connectivity index (χ3v) is 3.19. The van der Waals surface area contributed by atoms with Gasteiger partial charge in [0.05, 0.1) is 5.69 Å². The second-order valence-corrected chi connectivity index (χ2v) is 4.50. The average molecular weight is 208 g/mol. The Kier molecular flexibility index (Phi) is 3.38. The van der Waals surface area contributed by atoms with Crippen LogP contribution in [0, 0.1) is 12.8 Å². The van der Waals surface area contributed by atoms with E-state index < -0.39 is 0 Å². The van der Waals surface area contributed by atoms with E-state index in [1.54, 1.807) is 0 Å². The molecule has 4 heteroatoms. The second kappa shape index (κ2) is 4.77. The lowest BCUT2D eigenvalue weighted by Gasteiger charge is -2.30. The summed E-state index contributed by atoms with van der Waals surface area (Å²) < 4.78 is 0. The number of hydrogen-bond donors (Lipinski definition) is 2. The first kappa shape index (κ1) is 10.6. The summed E-state index contributed by atoms with van der Waals surface area (Å²) in [6.07, 6.45) is 2.47. The van der Waals surface area contributed by atoms with Crippen LogP contribution in [0.2, 0.25) is 0 Å². The average Bonchev–Trinajstić information content (AvgIpc) is 2.65. The molecule has 15 heavy (non-hydrogen) atoms. The van der Waals surface area contributed by atoms with Crippen LogP contribution in [-0.2, 0) is 6.54 Å². The number of piperidine rings is 1. The predicted octanol–water partition coefficient (Wildman–Crippen LogP) is 0.889. The van der Waals surface area contributed by atoms with E-state index in [-0.39, 0.29) is 0 Å². The Bertz CT molecular complexity index is 299. The van der Waals surface area contributed by atoms with E-state index in [4.69, 9.17) is 5.73 Å². The molecule has 1 aliphatic rings. The largest absolute Gasteiger partial charge is 0.330 e. The van der Waals surface area contributed by atoms with Crippen molar-refractivity contribution in [1.82, 2.24) is 15.1 Å². The monoisotopic (exact) mass is 208 g/mol. The molecule has 84 valence electrons. The van der Waals surface area contributed by atoms with E-state index in [0.717, 1.165) is 43.5 Å². The molecule has 0 aromatic carbocycles. The van der Waals surface area contributed by atoms with Crippen molar-refractivity contribution in [1.29, 1.82) is 0 Å². The summed E-state index contributed by atoms with van der Waals surface area (Å²) in [6.45, 7) is 6.18. The van der Waals surface area contributed by atoms with E-state index in [2.05, 4.69) is 21.2 Å². The van der Waals surface area contributed by atoms with Gasteiger partial charge in [0, 0.05) is 12.2 Å². The molecule has 2 heterocycles. The Morgan fingerprint density at radius 3 is 2.80 bits per heavy atom. The molecule has 1 fully saturated rings. The van der Waals surface area contributed by atoms with Gasteiger partial charge in [0.25, 0.3) is 0 Å². The molecule has 0 unspecified atom stereocenters. The number of nitrogens with one attached hydrogen (secondary N) is 1. The fourth-order valence-corrected chi connectivity index (χ4v) is 2.16. The number of hydrogen-bond acceptors (Lipinski definition) is 3. The molecule has 1 saturated heterocycles. The van der Waals surface area contributed by atoms with Crippen molar-refractivity contribution in [3.05, 3.63) is 17.5 Å². The molecule has 1 aliphatic heterocycles. The van der Waals surface area contributed by atoms with E-state index in [9.17, 15) is 0 Å². The third-order valence-electron chi connectivity index (χ3n) is 3.19. The van der Waals surface area contributed by atoms with Crippen molar-refractivity contribution in [3.63, 3.8) is 0 Å². The SMILES string of the molecule is Cc1cc(CN2CCC(CN)CC2)n[nH]1. The predicted molar refractivity (Wildman–Crippen MR) is 60.4 cm³/mol. The lowest BCUT2D eigenvalue weighted by Crippen LogP contribution is -2.35. The van der Waals surface area contributed by atoms with E-state index in [1.807, 2.05) is 6.92 Å². The molecule has 0 aliphatic carbocycles. The maximum Gasteiger partial charge on any atom is 0.0765 e. The smallest absolute Gasteiger partial charge is 0.0765 e. The van der Waals surface area contributed by atoms with Crippen molar-refractivity contribution < 1.29 is 0 Å². The quantitative estimate of drug-likeness (QED) is 0.775. The zero-order chi connectivity index (χ0) is 10.7. The van der Waals surface area contributed by atoms with Crippen LogP contribution < -0.4 is 5.73 Å². The Morgan fingerprint density at radius 2 is 2.27 bits per heavy atom. The first-order valence-corrected chi connectivity index (χ1v) is 5.71. The number of nitrogens with two attached hydrogens (primary N) is 1. The van der Waals surface area contributed by atoms with Crippen LogP contribution in [0.5, 0.6) is 0 Å². The summed E-state index contributed by atoms with van der Waals surface area (Å²) in [7, 11) is 0. The topological polar surface area (TPSA) is 57.9 Å². The van der Waals surface area contributed by atoms with Crippen molar-refractivity contribution in [2.45, 2.75) is 26.3 Å². The second-order valence-electron chi connectivity index (χ2n) is 4.50. The summed E-state index contributed by atoms with van der Waals surface area (Å²) in [5.74, 6) is 0.738. The number of aromatic amines is 1. The highest BCUT2D eigenvalue weighted by Gasteiger charge is 2.18. The van der Waals surface area contributed by atoms with Gasteiger partial charge in [-0.1, -0.05) is 0 Å². The van der Waals surface area contributed by atoms with Gasteiger partial charge in [-0.15, -0.1) is 0 Å². The lowest BCUT2D eigenvalue weighted by atomic mass is 9.97. The molecule has 1 aromatic rings. The van der Waals surface area contributed by atoms with Crippen LogP contribution in [0.3, 0.4) is 0 Å². The molecule has 0 spiro atoms. The lowest BCUT2D eigenvalue weighted by molar-refractivity contribution is 0.178. The first-order valence-electron chi connectivity index (χ1n) is 5.71. The summed E-state index contributed by atoms with van der Waals surface area (Å²) in [5.41, 5.74) is 7.96. The maximum atomic E-state index is 5.67. The normalized spacial score (nSPS) is 19.6. The van der Waals surface area contributed by atoms with Crippen molar-refractivity contribution in [2.24, 2.45) is 11.7 Å². The number of H-pyrrole nitrogens is 1. The van der Waals surface area contributed by atoms with Gasteiger partial charge in [0.1, 0.15) is 0 Å². The minimum absolute atomic E-state index is 0.738. The Labute approximate surface area is 90.8 Å². The minimum atomic E-state index is 0.738. The van der Waals surface area contributed by atoms with Crippen LogP contribution in [0.1, 0.15) is 24.2 Å². The van der Waals surface area contributed by atoms with Crippen LogP contribution in [0.4, 0.5) is 0 Å². The van der Waals surface area contributed by atoms with Crippen molar-refractivity contribution >= 4 is 0 Å². The van der Waals surface area contributed by atoms with Gasteiger partial charge in [-0.05, 0) is 51.4 Å². The highest BCUT2D eigenvalue weighted by atomic mass is 15.2. The van der Waals surface area contributed by atoms with Crippen LogP contribution in [-0.4, -0.2) is 34.7 Å². The molecule has 0 amide bonds. The van der Waals surface area contributed by atoms with Crippen LogP contribution in [0.25, 0.3) is 0 Å². The van der Waals surface area contributed by atoms with Gasteiger partial charge in [0.2, 0.25) is 0 Å².